The highest BCUT2D eigenvalue weighted by molar-refractivity contribution is 5.80. The van der Waals surface area contributed by atoms with Gasteiger partial charge in [0.1, 0.15) is 5.69 Å². The molecule has 0 aliphatic rings. The Morgan fingerprint density at radius 2 is 1.61 bits per heavy atom. The summed E-state index contributed by atoms with van der Waals surface area (Å²) in [6, 6.07) is 9.51. The third-order valence-corrected chi connectivity index (χ3v) is 4.14. The van der Waals surface area contributed by atoms with Crippen molar-refractivity contribution in [1.82, 2.24) is 4.57 Å². The maximum atomic E-state index is 12.9. The molecular weight excluding hydrogens is 430 g/mol. The van der Waals surface area contributed by atoms with Gasteiger partial charge in [0.15, 0.2) is 0 Å². The van der Waals surface area contributed by atoms with E-state index >= 15 is 0 Å². The lowest BCUT2D eigenvalue weighted by Gasteiger charge is -2.11. The number of hydrogen-bond donors (Lipinski definition) is 1. The summed E-state index contributed by atoms with van der Waals surface area (Å²) in [5.74, 6) is 0. The van der Waals surface area contributed by atoms with E-state index in [-0.39, 0.29) is 11.4 Å². The van der Waals surface area contributed by atoms with E-state index in [1.165, 1.54) is 35.2 Å². The number of nitrogens with zero attached hydrogens (tertiary/aromatic N) is 3. The summed E-state index contributed by atoms with van der Waals surface area (Å²) in [5.41, 5.74) is -0.344. The molecule has 31 heavy (non-hydrogen) atoms. The lowest BCUT2D eigenvalue weighted by molar-refractivity contribution is -0.384. The van der Waals surface area contributed by atoms with Gasteiger partial charge in [-0.05, 0) is 42.5 Å². The van der Waals surface area contributed by atoms with E-state index in [0.29, 0.717) is 17.8 Å². The van der Waals surface area contributed by atoms with E-state index in [0.717, 1.165) is 18.2 Å². The molecule has 0 saturated carbocycles. The van der Waals surface area contributed by atoms with Crippen LogP contribution in [0.2, 0.25) is 0 Å². The Labute approximate surface area is 170 Å². The second-order valence-electron chi connectivity index (χ2n) is 6.21. The molecule has 0 radical (unpaired) electrons. The number of halogens is 6. The van der Waals surface area contributed by atoms with Crippen LogP contribution >= 0.6 is 0 Å². The quantitative estimate of drug-likeness (QED) is 0.233. The van der Waals surface area contributed by atoms with Gasteiger partial charge >= 0.3 is 12.4 Å². The molecule has 0 saturated heterocycles. The van der Waals surface area contributed by atoms with Crippen molar-refractivity contribution in [3.8, 4) is 5.69 Å². The van der Waals surface area contributed by atoms with E-state index in [1.54, 1.807) is 6.07 Å². The summed E-state index contributed by atoms with van der Waals surface area (Å²) in [5, 5.41) is 14.9. The zero-order valence-electron chi connectivity index (χ0n) is 15.3. The molecule has 0 aliphatic carbocycles. The third-order valence-electron chi connectivity index (χ3n) is 4.14. The summed E-state index contributed by atoms with van der Waals surface area (Å²) >= 11 is 0. The first-order chi connectivity index (χ1) is 14.5. The Balaban J connectivity index is 1.86. The SMILES string of the molecule is O=[N+]([O-])c1cc(C(F)(F)F)ccc1N/N=C\c1cccn1-c1cccc(C(F)(F)F)c1. The Morgan fingerprint density at radius 3 is 2.26 bits per heavy atom. The summed E-state index contributed by atoms with van der Waals surface area (Å²) in [4.78, 5) is 10.1. The summed E-state index contributed by atoms with van der Waals surface area (Å²) in [7, 11) is 0. The molecule has 0 amide bonds. The predicted octanol–water partition coefficient (Wildman–Crippen LogP) is 5.87. The highest BCUT2D eigenvalue weighted by atomic mass is 19.4. The lowest BCUT2D eigenvalue weighted by atomic mass is 10.1. The van der Waals surface area contributed by atoms with Gasteiger partial charge in [-0.25, -0.2) is 0 Å². The number of anilines is 1. The maximum Gasteiger partial charge on any atom is 0.416 e. The van der Waals surface area contributed by atoms with Gasteiger partial charge in [-0.15, -0.1) is 0 Å². The van der Waals surface area contributed by atoms with Crippen LogP contribution in [0.5, 0.6) is 0 Å². The molecule has 2 aromatic carbocycles. The Morgan fingerprint density at radius 1 is 0.935 bits per heavy atom. The van der Waals surface area contributed by atoms with E-state index in [2.05, 4.69) is 10.5 Å². The second-order valence-corrected chi connectivity index (χ2v) is 6.21. The van der Waals surface area contributed by atoms with Gasteiger partial charge in [0, 0.05) is 18.0 Å². The van der Waals surface area contributed by atoms with Crippen molar-refractivity contribution < 1.29 is 31.3 Å². The van der Waals surface area contributed by atoms with Crippen molar-refractivity contribution >= 4 is 17.6 Å². The monoisotopic (exact) mass is 442 g/mol. The van der Waals surface area contributed by atoms with Crippen molar-refractivity contribution in [2.24, 2.45) is 5.10 Å². The fraction of sp³-hybridized carbons (Fsp3) is 0.105. The van der Waals surface area contributed by atoms with Crippen LogP contribution in [-0.2, 0) is 12.4 Å². The van der Waals surface area contributed by atoms with Crippen molar-refractivity contribution in [2.75, 3.05) is 5.43 Å². The predicted molar refractivity (Wildman–Crippen MR) is 100 cm³/mol. The Hall–Kier alpha value is -3.83. The van der Waals surface area contributed by atoms with Gasteiger partial charge in [-0.3, -0.25) is 15.5 Å². The Kier molecular flexibility index (Phi) is 5.73. The number of hydrazone groups is 1. The minimum absolute atomic E-state index is 0.196. The van der Waals surface area contributed by atoms with Crippen molar-refractivity contribution in [1.29, 1.82) is 0 Å². The summed E-state index contributed by atoms with van der Waals surface area (Å²) < 4.78 is 78.5. The van der Waals surface area contributed by atoms with E-state index in [4.69, 9.17) is 0 Å². The van der Waals surface area contributed by atoms with Gasteiger partial charge in [-0.2, -0.15) is 31.4 Å². The molecule has 1 heterocycles. The lowest BCUT2D eigenvalue weighted by Crippen LogP contribution is -2.07. The minimum Gasteiger partial charge on any atom is -0.316 e. The number of alkyl halides is 6. The zero-order valence-corrected chi connectivity index (χ0v) is 15.3. The number of nitro benzene ring substituents is 1. The number of benzene rings is 2. The molecule has 12 heteroatoms. The molecular formula is C19H12F6N4O2. The molecule has 3 aromatic rings. The standard InChI is InChI=1S/C19H12F6N4O2/c20-18(21,22)12-3-1-4-14(9-12)28-8-2-5-15(28)11-26-27-16-7-6-13(19(23,24)25)10-17(16)29(30)31/h1-11,27H/b26-11-. The van der Waals surface area contributed by atoms with Crippen molar-refractivity contribution in [3.63, 3.8) is 0 Å². The molecule has 0 spiro atoms. The van der Waals surface area contributed by atoms with Crippen LogP contribution in [0.3, 0.4) is 0 Å². The van der Waals surface area contributed by atoms with Gasteiger partial charge in [0.05, 0.1) is 28.0 Å². The van der Waals surface area contributed by atoms with E-state index < -0.39 is 34.1 Å². The first kappa shape index (κ1) is 21.9. The normalized spacial score (nSPS) is 12.3. The van der Waals surface area contributed by atoms with Gasteiger partial charge < -0.3 is 4.57 Å². The van der Waals surface area contributed by atoms with E-state index in [9.17, 15) is 36.5 Å². The second kappa shape index (κ2) is 8.13. The van der Waals surface area contributed by atoms with Crippen LogP contribution in [-0.4, -0.2) is 15.7 Å². The smallest absolute Gasteiger partial charge is 0.316 e. The number of rotatable bonds is 5. The number of nitro groups is 1. The van der Waals surface area contributed by atoms with E-state index in [1.807, 2.05) is 0 Å². The molecule has 0 atom stereocenters. The maximum absolute atomic E-state index is 12.9. The van der Waals surface area contributed by atoms with Gasteiger partial charge in [0.25, 0.3) is 5.69 Å². The highest BCUT2D eigenvalue weighted by Gasteiger charge is 2.33. The fourth-order valence-corrected chi connectivity index (χ4v) is 2.69. The number of aromatic nitrogens is 1. The highest BCUT2D eigenvalue weighted by Crippen LogP contribution is 2.35. The first-order valence-corrected chi connectivity index (χ1v) is 8.46. The van der Waals surface area contributed by atoms with Crippen LogP contribution in [0.15, 0.2) is 65.9 Å². The summed E-state index contributed by atoms with van der Waals surface area (Å²) in [6.45, 7) is 0. The third kappa shape index (κ3) is 5.02. The molecule has 1 aromatic heterocycles. The molecule has 0 aliphatic heterocycles. The largest absolute Gasteiger partial charge is 0.416 e. The van der Waals surface area contributed by atoms with Crippen molar-refractivity contribution in [2.45, 2.75) is 12.4 Å². The van der Waals surface area contributed by atoms with Crippen LogP contribution < -0.4 is 5.43 Å². The van der Waals surface area contributed by atoms with Crippen LogP contribution in [0.4, 0.5) is 37.7 Å². The molecule has 0 bridgehead atoms. The minimum atomic E-state index is -4.75. The first-order valence-electron chi connectivity index (χ1n) is 8.46. The van der Waals surface area contributed by atoms with Crippen LogP contribution in [0.1, 0.15) is 16.8 Å². The summed E-state index contributed by atoms with van der Waals surface area (Å²) in [6.07, 6.45) is -6.63. The molecule has 1 N–H and O–H groups in total. The zero-order chi connectivity index (χ0) is 22.8. The molecule has 6 nitrogen and oxygen atoms in total. The molecule has 162 valence electrons. The number of hydrogen-bond acceptors (Lipinski definition) is 4. The fourth-order valence-electron chi connectivity index (χ4n) is 2.69. The Bertz CT molecular complexity index is 1130. The molecule has 0 unspecified atom stereocenters. The average Bonchev–Trinajstić information content (AvgIpc) is 3.15. The average molecular weight is 442 g/mol. The molecule has 0 fully saturated rings. The molecule has 3 rings (SSSR count). The topological polar surface area (TPSA) is 72.5 Å². The van der Waals surface area contributed by atoms with Crippen molar-refractivity contribution in [3.05, 3.63) is 87.7 Å². The van der Waals surface area contributed by atoms with Crippen LogP contribution in [0, 0.1) is 10.1 Å². The van der Waals surface area contributed by atoms with Gasteiger partial charge in [0.2, 0.25) is 0 Å². The van der Waals surface area contributed by atoms with Gasteiger partial charge in [-0.1, -0.05) is 6.07 Å². The van der Waals surface area contributed by atoms with Crippen LogP contribution in [0.25, 0.3) is 5.69 Å². The number of nitrogens with one attached hydrogen (secondary N) is 1.